The van der Waals surface area contributed by atoms with Gasteiger partial charge in [-0.25, -0.2) is 9.67 Å². The first-order valence-electron chi connectivity index (χ1n) is 10.6. The van der Waals surface area contributed by atoms with Crippen molar-refractivity contribution in [3.05, 3.63) is 104 Å². The maximum absolute atomic E-state index is 13.1. The van der Waals surface area contributed by atoms with Crippen LogP contribution in [0, 0.1) is 6.92 Å². The largest absolute Gasteiger partial charge is 0.321 e. The van der Waals surface area contributed by atoms with Gasteiger partial charge in [0.2, 0.25) is 0 Å². The summed E-state index contributed by atoms with van der Waals surface area (Å²) in [5.41, 5.74) is 3.03. The van der Waals surface area contributed by atoms with Crippen LogP contribution in [-0.2, 0) is 6.54 Å². The van der Waals surface area contributed by atoms with Gasteiger partial charge in [0.25, 0.3) is 17.7 Å². The van der Waals surface area contributed by atoms with Crippen LogP contribution in [0.5, 0.6) is 0 Å². The number of amides is 3. The molecule has 1 N–H and O–H groups in total. The van der Waals surface area contributed by atoms with Crippen molar-refractivity contribution < 1.29 is 14.4 Å². The first kappa shape index (κ1) is 22.9. The van der Waals surface area contributed by atoms with Gasteiger partial charge in [-0.3, -0.25) is 19.3 Å². The molecule has 2 aromatic heterocycles. The highest BCUT2D eigenvalue weighted by molar-refractivity contribution is 9.10. The predicted octanol–water partition coefficient (Wildman–Crippen LogP) is 5.04. The van der Waals surface area contributed by atoms with Gasteiger partial charge in [0.1, 0.15) is 10.3 Å². The molecule has 1 aliphatic rings. The van der Waals surface area contributed by atoms with Crippen molar-refractivity contribution in [1.82, 2.24) is 19.7 Å². The lowest BCUT2D eigenvalue weighted by molar-refractivity contribution is 0.0642. The third kappa shape index (κ3) is 4.36. The van der Waals surface area contributed by atoms with Gasteiger partial charge < -0.3 is 5.32 Å². The highest BCUT2D eigenvalue weighted by atomic mass is 79.9. The number of pyridine rings is 1. The molecule has 0 fully saturated rings. The number of imide groups is 1. The lowest BCUT2D eigenvalue weighted by Crippen LogP contribution is -2.29. The smallest absolute Gasteiger partial charge is 0.274 e. The van der Waals surface area contributed by atoms with Crippen LogP contribution in [0.3, 0.4) is 0 Å². The quantitative estimate of drug-likeness (QED) is 0.351. The number of hydrogen-bond donors (Lipinski definition) is 1. The van der Waals surface area contributed by atoms with Gasteiger partial charge in [-0.2, -0.15) is 5.10 Å². The number of carbonyl (C=O) groups is 3. The zero-order chi connectivity index (χ0) is 24.7. The SMILES string of the molecule is Cc1ccc(CN2C(=O)c3ccc(NC(=O)c4cc(Br)nn4-c4ncccc4Cl)cc3C2=O)cc1. The fraction of sp³-hybridized carbons (Fsp3) is 0.0800. The predicted molar refractivity (Wildman–Crippen MR) is 134 cm³/mol. The van der Waals surface area contributed by atoms with E-state index in [0.29, 0.717) is 26.7 Å². The summed E-state index contributed by atoms with van der Waals surface area (Å²) in [6.45, 7) is 2.14. The number of hydrogen-bond acceptors (Lipinski definition) is 5. The average Bonchev–Trinajstić information content (AvgIpc) is 3.34. The minimum absolute atomic E-state index is 0.173. The summed E-state index contributed by atoms with van der Waals surface area (Å²) in [5.74, 6) is -0.963. The average molecular weight is 551 g/mol. The second kappa shape index (κ2) is 9.09. The molecule has 10 heteroatoms. The third-order valence-electron chi connectivity index (χ3n) is 5.54. The molecule has 4 aromatic rings. The molecular formula is C25H17BrClN5O3. The van der Waals surface area contributed by atoms with E-state index in [0.717, 1.165) is 11.1 Å². The lowest BCUT2D eigenvalue weighted by atomic mass is 10.1. The third-order valence-corrected chi connectivity index (χ3v) is 6.22. The number of nitrogens with one attached hydrogen (secondary N) is 1. The van der Waals surface area contributed by atoms with E-state index >= 15 is 0 Å². The fourth-order valence-electron chi connectivity index (χ4n) is 3.79. The minimum Gasteiger partial charge on any atom is -0.321 e. The highest BCUT2D eigenvalue weighted by Gasteiger charge is 2.35. The summed E-state index contributed by atoms with van der Waals surface area (Å²) in [4.78, 5) is 44.4. The molecule has 0 spiro atoms. The van der Waals surface area contributed by atoms with E-state index in [-0.39, 0.29) is 23.7 Å². The molecule has 1 aliphatic heterocycles. The molecule has 5 rings (SSSR count). The molecule has 0 aliphatic carbocycles. The standard InChI is InChI=1S/C25H17BrClN5O3/c1-14-4-6-15(7-5-14)13-31-24(34)17-9-8-16(11-18(17)25(31)35)29-23(33)20-12-21(26)30-32(20)22-19(27)3-2-10-28-22/h2-12H,13H2,1H3,(H,29,33). The summed E-state index contributed by atoms with van der Waals surface area (Å²) in [5, 5.41) is 7.35. The number of aryl methyl sites for hydroxylation is 1. The number of carbonyl (C=O) groups excluding carboxylic acids is 3. The lowest BCUT2D eigenvalue weighted by Gasteiger charge is -2.13. The van der Waals surface area contributed by atoms with Crippen molar-refractivity contribution in [3.8, 4) is 5.82 Å². The van der Waals surface area contributed by atoms with Crippen molar-refractivity contribution in [3.63, 3.8) is 0 Å². The van der Waals surface area contributed by atoms with Gasteiger partial charge in [0.05, 0.1) is 22.7 Å². The van der Waals surface area contributed by atoms with E-state index in [1.54, 1.807) is 30.5 Å². The minimum atomic E-state index is -0.488. The monoisotopic (exact) mass is 549 g/mol. The number of aromatic nitrogens is 3. The molecule has 0 atom stereocenters. The van der Waals surface area contributed by atoms with E-state index in [2.05, 4.69) is 31.3 Å². The van der Waals surface area contributed by atoms with Crippen molar-refractivity contribution in [2.45, 2.75) is 13.5 Å². The highest BCUT2D eigenvalue weighted by Crippen LogP contribution is 2.28. The Morgan fingerprint density at radius 1 is 1.03 bits per heavy atom. The Labute approximate surface area is 213 Å². The Kier molecular flexibility index (Phi) is 5.96. The van der Waals surface area contributed by atoms with Gasteiger partial charge in [-0.1, -0.05) is 41.4 Å². The van der Waals surface area contributed by atoms with Crippen LogP contribution >= 0.6 is 27.5 Å². The molecule has 174 valence electrons. The summed E-state index contributed by atoms with van der Waals surface area (Å²) in [6, 6.07) is 17.1. The maximum atomic E-state index is 13.1. The molecule has 3 heterocycles. The summed E-state index contributed by atoms with van der Waals surface area (Å²) in [7, 11) is 0. The van der Waals surface area contributed by atoms with Crippen molar-refractivity contribution in [1.29, 1.82) is 0 Å². The summed E-state index contributed by atoms with van der Waals surface area (Å²) in [6.07, 6.45) is 1.55. The van der Waals surface area contributed by atoms with Crippen molar-refractivity contribution in [2.24, 2.45) is 0 Å². The Bertz CT molecular complexity index is 1500. The molecule has 0 unspecified atom stereocenters. The van der Waals surface area contributed by atoms with E-state index in [1.165, 1.54) is 21.7 Å². The van der Waals surface area contributed by atoms with Crippen LogP contribution < -0.4 is 5.32 Å². The van der Waals surface area contributed by atoms with Gasteiger partial charge in [-0.15, -0.1) is 0 Å². The fourth-order valence-corrected chi connectivity index (χ4v) is 4.37. The van der Waals surface area contributed by atoms with Crippen molar-refractivity contribution in [2.75, 3.05) is 5.32 Å². The number of halogens is 2. The molecular weight excluding hydrogens is 534 g/mol. The van der Waals surface area contributed by atoms with E-state index < -0.39 is 11.8 Å². The zero-order valence-corrected chi connectivity index (χ0v) is 20.7. The van der Waals surface area contributed by atoms with Crippen LogP contribution in [-0.4, -0.2) is 37.4 Å². The number of benzene rings is 2. The topological polar surface area (TPSA) is 97.2 Å². The molecule has 0 bridgehead atoms. The number of rotatable bonds is 5. The van der Waals surface area contributed by atoms with E-state index in [4.69, 9.17) is 11.6 Å². The second-order valence-electron chi connectivity index (χ2n) is 7.97. The molecule has 2 aromatic carbocycles. The van der Waals surface area contributed by atoms with Crippen LogP contribution in [0.25, 0.3) is 5.82 Å². The zero-order valence-electron chi connectivity index (χ0n) is 18.3. The Morgan fingerprint density at radius 3 is 2.51 bits per heavy atom. The van der Waals surface area contributed by atoms with Crippen molar-refractivity contribution >= 4 is 50.9 Å². The molecule has 3 amide bonds. The van der Waals surface area contributed by atoms with E-state index in [9.17, 15) is 14.4 Å². The molecule has 0 radical (unpaired) electrons. The van der Waals surface area contributed by atoms with Crippen LogP contribution in [0.15, 0.2) is 71.5 Å². The molecule has 35 heavy (non-hydrogen) atoms. The number of fused-ring (bicyclic) bond motifs is 1. The van der Waals surface area contributed by atoms with Gasteiger partial charge in [0.15, 0.2) is 5.82 Å². The Balaban J connectivity index is 1.39. The van der Waals surface area contributed by atoms with Gasteiger partial charge in [0, 0.05) is 18.0 Å². The second-order valence-corrected chi connectivity index (χ2v) is 9.19. The molecule has 0 saturated heterocycles. The summed E-state index contributed by atoms with van der Waals surface area (Å²) < 4.78 is 1.75. The van der Waals surface area contributed by atoms with Gasteiger partial charge >= 0.3 is 0 Å². The summed E-state index contributed by atoms with van der Waals surface area (Å²) >= 11 is 9.51. The van der Waals surface area contributed by atoms with Gasteiger partial charge in [-0.05, 0) is 58.7 Å². The Morgan fingerprint density at radius 2 is 1.77 bits per heavy atom. The Hall–Kier alpha value is -3.82. The van der Waals surface area contributed by atoms with Crippen LogP contribution in [0.4, 0.5) is 5.69 Å². The first-order valence-corrected chi connectivity index (χ1v) is 11.7. The van der Waals surface area contributed by atoms with Crippen LogP contribution in [0.2, 0.25) is 5.02 Å². The normalized spacial score (nSPS) is 12.7. The molecule has 0 saturated carbocycles. The molecule has 8 nitrogen and oxygen atoms in total. The van der Waals surface area contributed by atoms with Crippen LogP contribution in [0.1, 0.15) is 42.3 Å². The number of anilines is 1. The maximum Gasteiger partial charge on any atom is 0.274 e. The van der Waals surface area contributed by atoms with E-state index in [1.807, 2.05) is 31.2 Å². The first-order chi connectivity index (χ1) is 16.8. The number of nitrogens with zero attached hydrogens (tertiary/aromatic N) is 4.